The van der Waals surface area contributed by atoms with Gasteiger partial charge in [-0.25, -0.2) is 4.79 Å². The van der Waals surface area contributed by atoms with E-state index in [1.165, 1.54) is 0 Å². The first-order valence-electron chi connectivity index (χ1n) is 9.59. The van der Waals surface area contributed by atoms with Gasteiger partial charge in [0.05, 0.1) is 5.56 Å². The van der Waals surface area contributed by atoms with Gasteiger partial charge in [-0.15, -0.1) is 0 Å². The molecule has 5 rings (SSSR count). The maximum absolute atomic E-state index is 12.7. The summed E-state index contributed by atoms with van der Waals surface area (Å²) < 4.78 is 6.05. The number of hydrogen-bond acceptors (Lipinski definition) is 3. The second-order valence-corrected chi connectivity index (χ2v) is 7.02. The molecule has 3 heteroatoms. The van der Waals surface area contributed by atoms with E-state index in [1.807, 2.05) is 91.0 Å². The Morgan fingerprint density at radius 3 is 1.97 bits per heavy atom. The molecule has 0 saturated heterocycles. The van der Waals surface area contributed by atoms with Gasteiger partial charge in [-0.05, 0) is 17.7 Å². The third kappa shape index (κ3) is 2.88. The lowest BCUT2D eigenvalue weighted by Crippen LogP contribution is -2.37. The molecule has 0 fully saturated rings. The van der Waals surface area contributed by atoms with Crippen molar-refractivity contribution in [2.24, 2.45) is 0 Å². The number of fused-ring (bicyclic) bond motifs is 1. The standard InChI is InChI=1S/C26H19NO2/c28-25-22-16-7-9-17-23(22)26(29-25,20-13-5-2-6-14-20)27-24-18-10-8-15-21(24)19-11-3-1-4-12-19/h1-18,27H. The van der Waals surface area contributed by atoms with Crippen molar-refractivity contribution in [3.05, 3.63) is 126 Å². The third-order valence-electron chi connectivity index (χ3n) is 5.27. The summed E-state index contributed by atoms with van der Waals surface area (Å²) in [6, 6.07) is 35.6. The predicted molar refractivity (Wildman–Crippen MR) is 115 cm³/mol. The minimum Gasteiger partial charge on any atom is -0.427 e. The molecule has 29 heavy (non-hydrogen) atoms. The predicted octanol–water partition coefficient (Wildman–Crippen LogP) is 5.84. The van der Waals surface area contributed by atoms with Crippen LogP contribution in [-0.2, 0) is 10.5 Å². The van der Waals surface area contributed by atoms with E-state index < -0.39 is 5.72 Å². The van der Waals surface area contributed by atoms with E-state index in [-0.39, 0.29) is 5.97 Å². The van der Waals surface area contributed by atoms with E-state index in [4.69, 9.17) is 4.74 Å². The van der Waals surface area contributed by atoms with Gasteiger partial charge in [-0.2, -0.15) is 0 Å². The van der Waals surface area contributed by atoms with E-state index in [9.17, 15) is 4.79 Å². The highest BCUT2D eigenvalue weighted by molar-refractivity contribution is 5.96. The third-order valence-corrected chi connectivity index (χ3v) is 5.27. The molecule has 0 saturated carbocycles. The first-order chi connectivity index (χ1) is 14.3. The lowest BCUT2D eigenvalue weighted by Gasteiger charge is -2.32. The lowest BCUT2D eigenvalue weighted by atomic mass is 9.91. The largest absolute Gasteiger partial charge is 0.427 e. The highest BCUT2D eigenvalue weighted by Gasteiger charge is 2.47. The Kier molecular flexibility index (Phi) is 4.14. The van der Waals surface area contributed by atoms with E-state index in [0.717, 1.165) is 27.9 Å². The van der Waals surface area contributed by atoms with Crippen molar-refractivity contribution in [3.8, 4) is 11.1 Å². The van der Waals surface area contributed by atoms with Gasteiger partial charge in [0.1, 0.15) is 0 Å². The van der Waals surface area contributed by atoms with Crippen molar-refractivity contribution in [1.29, 1.82) is 0 Å². The quantitative estimate of drug-likeness (QED) is 0.454. The summed E-state index contributed by atoms with van der Waals surface area (Å²) >= 11 is 0. The van der Waals surface area contributed by atoms with E-state index in [2.05, 4.69) is 23.5 Å². The first-order valence-corrected chi connectivity index (χ1v) is 9.59. The summed E-state index contributed by atoms with van der Waals surface area (Å²) in [6.07, 6.45) is 0. The van der Waals surface area contributed by atoms with Gasteiger partial charge in [0.15, 0.2) is 0 Å². The number of para-hydroxylation sites is 1. The molecular formula is C26H19NO2. The fourth-order valence-electron chi connectivity index (χ4n) is 3.92. The van der Waals surface area contributed by atoms with Crippen molar-refractivity contribution in [2.75, 3.05) is 5.32 Å². The van der Waals surface area contributed by atoms with Crippen LogP contribution in [0.1, 0.15) is 21.5 Å². The molecule has 4 aromatic carbocycles. The molecule has 3 nitrogen and oxygen atoms in total. The van der Waals surface area contributed by atoms with E-state index in [0.29, 0.717) is 5.56 Å². The summed E-state index contributed by atoms with van der Waals surface area (Å²) in [5.74, 6) is -0.325. The average Bonchev–Trinajstić information content (AvgIpc) is 3.08. The van der Waals surface area contributed by atoms with Crippen LogP contribution in [0.25, 0.3) is 11.1 Å². The fraction of sp³-hybridized carbons (Fsp3) is 0.0385. The fourth-order valence-corrected chi connectivity index (χ4v) is 3.92. The Balaban J connectivity index is 1.70. The van der Waals surface area contributed by atoms with Gasteiger partial charge in [0.25, 0.3) is 0 Å². The number of esters is 1. The first kappa shape index (κ1) is 17.3. The number of cyclic esters (lactones) is 1. The van der Waals surface area contributed by atoms with Gasteiger partial charge in [0, 0.05) is 22.4 Å². The number of anilines is 1. The van der Waals surface area contributed by atoms with Crippen LogP contribution in [0, 0.1) is 0 Å². The van der Waals surface area contributed by atoms with Crippen LogP contribution in [-0.4, -0.2) is 5.97 Å². The monoisotopic (exact) mass is 377 g/mol. The van der Waals surface area contributed by atoms with Crippen LogP contribution in [0.5, 0.6) is 0 Å². The zero-order valence-electron chi connectivity index (χ0n) is 15.7. The maximum Gasteiger partial charge on any atom is 0.341 e. The van der Waals surface area contributed by atoms with Crippen LogP contribution in [0.15, 0.2) is 109 Å². The molecule has 0 amide bonds. The van der Waals surface area contributed by atoms with Gasteiger partial charge in [-0.1, -0.05) is 97.1 Å². The zero-order chi connectivity index (χ0) is 19.7. The highest BCUT2D eigenvalue weighted by Crippen LogP contribution is 2.44. The number of rotatable bonds is 4. The number of carbonyl (C=O) groups excluding carboxylic acids is 1. The minimum atomic E-state index is -1.08. The molecule has 4 aromatic rings. The number of nitrogens with one attached hydrogen (secondary N) is 1. The molecule has 1 N–H and O–H groups in total. The van der Waals surface area contributed by atoms with Crippen LogP contribution < -0.4 is 5.32 Å². The molecule has 1 aliphatic rings. The summed E-state index contributed by atoms with van der Waals surface area (Å²) in [5, 5.41) is 3.58. The van der Waals surface area contributed by atoms with Crippen LogP contribution in [0.4, 0.5) is 5.69 Å². The number of hydrogen-bond donors (Lipinski definition) is 1. The second kappa shape index (κ2) is 6.95. The van der Waals surface area contributed by atoms with Crippen molar-refractivity contribution in [3.63, 3.8) is 0 Å². The summed E-state index contributed by atoms with van der Waals surface area (Å²) in [5.41, 5.74) is 4.23. The Hall–Kier alpha value is -3.85. The molecule has 1 aliphatic heterocycles. The number of ether oxygens (including phenoxy) is 1. The van der Waals surface area contributed by atoms with Crippen LogP contribution in [0.2, 0.25) is 0 Å². The topological polar surface area (TPSA) is 38.3 Å². The molecule has 1 unspecified atom stereocenters. The van der Waals surface area contributed by atoms with Gasteiger partial charge in [-0.3, -0.25) is 0 Å². The average molecular weight is 377 g/mol. The molecule has 1 heterocycles. The van der Waals surface area contributed by atoms with Crippen molar-refractivity contribution < 1.29 is 9.53 Å². The molecule has 140 valence electrons. The minimum absolute atomic E-state index is 0.325. The van der Waals surface area contributed by atoms with Crippen molar-refractivity contribution in [2.45, 2.75) is 5.72 Å². The second-order valence-electron chi connectivity index (χ2n) is 7.02. The van der Waals surface area contributed by atoms with E-state index in [1.54, 1.807) is 0 Å². The Morgan fingerprint density at radius 2 is 1.21 bits per heavy atom. The normalized spacial score (nSPS) is 17.4. The smallest absolute Gasteiger partial charge is 0.341 e. The number of carbonyl (C=O) groups is 1. The summed E-state index contributed by atoms with van der Waals surface area (Å²) in [7, 11) is 0. The number of benzene rings is 4. The Morgan fingerprint density at radius 1 is 0.621 bits per heavy atom. The Bertz CT molecular complexity index is 1170. The van der Waals surface area contributed by atoms with Gasteiger partial charge < -0.3 is 10.1 Å². The molecule has 0 aromatic heterocycles. The van der Waals surface area contributed by atoms with E-state index >= 15 is 0 Å². The Labute approximate surface area is 169 Å². The molecule has 0 radical (unpaired) electrons. The molecule has 1 atom stereocenters. The molecular weight excluding hydrogens is 358 g/mol. The van der Waals surface area contributed by atoms with Gasteiger partial charge >= 0.3 is 5.97 Å². The van der Waals surface area contributed by atoms with Crippen LogP contribution >= 0.6 is 0 Å². The molecule has 0 spiro atoms. The lowest BCUT2D eigenvalue weighted by molar-refractivity contribution is 0.0213. The van der Waals surface area contributed by atoms with Crippen LogP contribution in [0.3, 0.4) is 0 Å². The SMILES string of the molecule is O=C1OC(Nc2ccccc2-c2ccccc2)(c2ccccc2)c2ccccc21. The highest BCUT2D eigenvalue weighted by atomic mass is 16.6. The van der Waals surface area contributed by atoms with Gasteiger partial charge in [0.2, 0.25) is 5.72 Å². The van der Waals surface area contributed by atoms with Crippen molar-refractivity contribution in [1.82, 2.24) is 0 Å². The van der Waals surface area contributed by atoms with Crippen molar-refractivity contribution >= 4 is 11.7 Å². The maximum atomic E-state index is 12.7. The summed E-state index contributed by atoms with van der Waals surface area (Å²) in [4.78, 5) is 12.7. The molecule has 0 aliphatic carbocycles. The zero-order valence-corrected chi connectivity index (χ0v) is 15.7. The molecule has 0 bridgehead atoms. The summed E-state index contributed by atoms with van der Waals surface area (Å²) in [6.45, 7) is 0.